The summed E-state index contributed by atoms with van der Waals surface area (Å²) in [5, 5.41) is 0. The van der Waals surface area contributed by atoms with Crippen molar-refractivity contribution in [2.45, 2.75) is 11.3 Å². The van der Waals surface area contributed by atoms with Gasteiger partial charge in [0.15, 0.2) is 0 Å². The van der Waals surface area contributed by atoms with Crippen molar-refractivity contribution < 1.29 is 17.2 Å². The quantitative estimate of drug-likeness (QED) is 0.639. The standard InChI is InChI=1S/C6H3ClF2INO3S/c7-15(13,14)3-1-2(10)6(12)11-4(3)5(8)9/h1,5H,(H,11,12). The first-order valence-electron chi connectivity index (χ1n) is 3.39. The van der Waals surface area contributed by atoms with E-state index in [0.717, 1.165) is 6.07 Å². The fourth-order valence-corrected chi connectivity index (χ4v) is 2.57. The molecule has 0 bridgehead atoms. The zero-order valence-electron chi connectivity index (χ0n) is 6.80. The molecule has 1 aromatic rings. The van der Waals surface area contributed by atoms with Crippen LogP contribution in [0.2, 0.25) is 0 Å². The van der Waals surface area contributed by atoms with Gasteiger partial charge in [-0.1, -0.05) is 0 Å². The van der Waals surface area contributed by atoms with Gasteiger partial charge >= 0.3 is 0 Å². The van der Waals surface area contributed by atoms with Crippen LogP contribution in [0.4, 0.5) is 8.78 Å². The summed E-state index contributed by atoms with van der Waals surface area (Å²) in [5.41, 5.74) is -1.77. The van der Waals surface area contributed by atoms with Gasteiger partial charge in [0.2, 0.25) is 0 Å². The number of rotatable bonds is 2. The van der Waals surface area contributed by atoms with E-state index in [2.05, 4.69) is 0 Å². The summed E-state index contributed by atoms with van der Waals surface area (Å²) in [7, 11) is 0.645. The molecule has 0 aliphatic rings. The van der Waals surface area contributed by atoms with Crippen LogP contribution in [0.1, 0.15) is 12.1 Å². The van der Waals surface area contributed by atoms with Crippen molar-refractivity contribution in [1.29, 1.82) is 0 Å². The van der Waals surface area contributed by atoms with Crippen molar-refractivity contribution in [2.75, 3.05) is 0 Å². The molecular formula is C6H3ClF2INO3S. The Hall–Kier alpha value is -0.220. The van der Waals surface area contributed by atoms with E-state index in [4.69, 9.17) is 10.7 Å². The van der Waals surface area contributed by atoms with Crippen LogP contribution in [-0.4, -0.2) is 13.4 Å². The van der Waals surface area contributed by atoms with E-state index in [1.54, 1.807) is 4.98 Å². The molecule has 84 valence electrons. The van der Waals surface area contributed by atoms with Gasteiger partial charge in [0, 0.05) is 10.7 Å². The van der Waals surface area contributed by atoms with Crippen LogP contribution < -0.4 is 5.56 Å². The summed E-state index contributed by atoms with van der Waals surface area (Å²) in [5.74, 6) is 0. The van der Waals surface area contributed by atoms with Crippen LogP contribution in [0.3, 0.4) is 0 Å². The Bertz CT molecular complexity index is 542. The molecule has 0 aromatic carbocycles. The molecule has 0 fully saturated rings. The average molecular weight is 370 g/mol. The largest absolute Gasteiger partial charge is 0.319 e. The van der Waals surface area contributed by atoms with Crippen LogP contribution >= 0.6 is 33.3 Å². The molecule has 0 saturated carbocycles. The normalized spacial score (nSPS) is 12.1. The van der Waals surface area contributed by atoms with Gasteiger partial charge in [0.25, 0.3) is 21.0 Å². The van der Waals surface area contributed by atoms with Gasteiger partial charge < -0.3 is 4.98 Å². The van der Waals surface area contributed by atoms with Crippen LogP contribution in [-0.2, 0) is 9.05 Å². The van der Waals surface area contributed by atoms with Crippen molar-refractivity contribution in [1.82, 2.24) is 4.98 Å². The number of pyridine rings is 1. The minimum atomic E-state index is -4.30. The summed E-state index contributed by atoms with van der Waals surface area (Å²) in [4.78, 5) is 12.0. The van der Waals surface area contributed by atoms with Crippen molar-refractivity contribution in [3.05, 3.63) is 25.7 Å². The highest BCUT2D eigenvalue weighted by molar-refractivity contribution is 14.1. The fraction of sp³-hybridized carbons (Fsp3) is 0.167. The lowest BCUT2D eigenvalue weighted by Gasteiger charge is -2.05. The van der Waals surface area contributed by atoms with Crippen molar-refractivity contribution in [2.24, 2.45) is 0 Å². The third-order valence-corrected chi connectivity index (χ3v) is 3.63. The molecule has 0 atom stereocenters. The summed E-state index contributed by atoms with van der Waals surface area (Å²) in [6.45, 7) is 0. The maximum atomic E-state index is 12.4. The van der Waals surface area contributed by atoms with Gasteiger partial charge in [0.05, 0.1) is 3.57 Å². The molecule has 0 radical (unpaired) electrons. The smallest absolute Gasteiger partial charge is 0.279 e. The first kappa shape index (κ1) is 12.8. The Labute approximate surface area is 101 Å². The number of hydrogen-bond acceptors (Lipinski definition) is 3. The van der Waals surface area contributed by atoms with E-state index in [1.807, 2.05) is 0 Å². The maximum absolute atomic E-state index is 12.4. The number of aromatic amines is 1. The summed E-state index contributed by atoms with van der Waals surface area (Å²) >= 11 is 1.52. The monoisotopic (exact) mass is 369 g/mol. The lowest BCUT2D eigenvalue weighted by molar-refractivity contribution is 0.142. The second-order valence-corrected chi connectivity index (χ2v) is 6.16. The van der Waals surface area contributed by atoms with Gasteiger partial charge in [-0.2, -0.15) is 0 Å². The molecule has 0 amide bonds. The first-order valence-corrected chi connectivity index (χ1v) is 6.78. The fourth-order valence-electron chi connectivity index (χ4n) is 0.866. The van der Waals surface area contributed by atoms with E-state index in [0.29, 0.717) is 0 Å². The van der Waals surface area contributed by atoms with Crippen LogP contribution in [0, 0.1) is 3.57 Å². The molecule has 0 aliphatic carbocycles. The minimum Gasteiger partial charge on any atom is -0.319 e. The summed E-state index contributed by atoms with van der Waals surface area (Å²) in [6, 6.07) is 0.809. The zero-order chi connectivity index (χ0) is 11.8. The molecule has 4 nitrogen and oxygen atoms in total. The van der Waals surface area contributed by atoms with Gasteiger partial charge in [-0.15, -0.1) is 0 Å². The molecule has 0 unspecified atom stereocenters. The van der Waals surface area contributed by atoms with E-state index >= 15 is 0 Å². The summed E-state index contributed by atoms with van der Waals surface area (Å²) in [6.07, 6.45) is -3.11. The number of alkyl halides is 2. The lowest BCUT2D eigenvalue weighted by atomic mass is 10.3. The second kappa shape index (κ2) is 4.34. The van der Waals surface area contributed by atoms with E-state index in [1.165, 1.54) is 22.6 Å². The molecule has 0 spiro atoms. The molecule has 0 saturated heterocycles. The van der Waals surface area contributed by atoms with Crippen molar-refractivity contribution >= 4 is 42.3 Å². The van der Waals surface area contributed by atoms with Crippen molar-refractivity contribution in [3.8, 4) is 0 Å². The number of hydrogen-bond donors (Lipinski definition) is 1. The highest BCUT2D eigenvalue weighted by atomic mass is 127. The van der Waals surface area contributed by atoms with E-state index in [9.17, 15) is 22.0 Å². The maximum Gasteiger partial charge on any atom is 0.279 e. The predicted octanol–water partition coefficient (Wildman–Crippen LogP) is 1.84. The highest BCUT2D eigenvalue weighted by Crippen LogP contribution is 2.26. The van der Waals surface area contributed by atoms with Gasteiger partial charge in [-0.3, -0.25) is 4.79 Å². The third-order valence-electron chi connectivity index (χ3n) is 1.47. The minimum absolute atomic E-state index is 0.0313. The van der Waals surface area contributed by atoms with Gasteiger partial charge in [-0.05, 0) is 28.7 Å². The van der Waals surface area contributed by atoms with Crippen LogP contribution in [0.15, 0.2) is 15.8 Å². The Balaban J connectivity index is 3.64. The molecule has 1 rings (SSSR count). The SMILES string of the molecule is O=c1[nH]c(C(F)F)c(S(=O)(=O)Cl)cc1I. The first-order chi connectivity index (χ1) is 6.73. The topological polar surface area (TPSA) is 67.0 Å². The molecule has 0 aliphatic heterocycles. The number of aromatic nitrogens is 1. The Morgan fingerprint density at radius 2 is 2.00 bits per heavy atom. The third kappa shape index (κ3) is 2.88. The van der Waals surface area contributed by atoms with Gasteiger partial charge in [0.1, 0.15) is 10.6 Å². The molecule has 1 aromatic heterocycles. The molecule has 1 N–H and O–H groups in total. The Morgan fingerprint density at radius 3 is 2.40 bits per heavy atom. The van der Waals surface area contributed by atoms with Crippen LogP contribution in [0.5, 0.6) is 0 Å². The molecule has 9 heteroatoms. The van der Waals surface area contributed by atoms with E-state index < -0.39 is 31.6 Å². The number of nitrogens with one attached hydrogen (secondary N) is 1. The molecule has 15 heavy (non-hydrogen) atoms. The average Bonchev–Trinajstić information content (AvgIpc) is 2.06. The Morgan fingerprint density at radius 1 is 1.47 bits per heavy atom. The highest BCUT2D eigenvalue weighted by Gasteiger charge is 2.23. The number of H-pyrrole nitrogens is 1. The molecular weight excluding hydrogens is 366 g/mol. The van der Waals surface area contributed by atoms with Crippen molar-refractivity contribution in [3.63, 3.8) is 0 Å². The molecule has 1 heterocycles. The zero-order valence-corrected chi connectivity index (χ0v) is 10.5. The van der Waals surface area contributed by atoms with E-state index in [-0.39, 0.29) is 3.57 Å². The summed E-state index contributed by atoms with van der Waals surface area (Å²) < 4.78 is 46.6. The Kier molecular flexibility index (Phi) is 3.71. The second-order valence-electron chi connectivity index (χ2n) is 2.46. The number of halogens is 4. The lowest BCUT2D eigenvalue weighted by Crippen LogP contribution is -2.16. The van der Waals surface area contributed by atoms with Crippen LogP contribution in [0.25, 0.3) is 0 Å². The predicted molar refractivity (Wildman–Crippen MR) is 57.8 cm³/mol. The van der Waals surface area contributed by atoms with Gasteiger partial charge in [-0.25, -0.2) is 17.2 Å².